The fraction of sp³-hybridized carbons (Fsp3) is 0.368. The molecule has 0 aromatic heterocycles. The highest BCUT2D eigenvalue weighted by Crippen LogP contribution is 2.49. The standard InChI is InChI=1S/C19H23ClN2S/c1-4-21(5-2)13-14(3)22-16-8-6-7-9-18(16)23-19-11-10-15(20)12-17(19)22/h6-12,14H,4-5,13H2,1-3H3. The molecule has 0 saturated heterocycles. The lowest BCUT2D eigenvalue weighted by molar-refractivity contribution is 0.288. The molecule has 3 rings (SSSR count). The van der Waals surface area contributed by atoms with Gasteiger partial charge in [0.2, 0.25) is 0 Å². The quantitative estimate of drug-likeness (QED) is 0.688. The predicted molar refractivity (Wildman–Crippen MR) is 101 cm³/mol. The molecule has 1 atom stereocenters. The molecule has 2 nitrogen and oxygen atoms in total. The fourth-order valence-corrected chi connectivity index (χ4v) is 4.39. The Morgan fingerprint density at radius 1 is 1.04 bits per heavy atom. The van der Waals surface area contributed by atoms with Crippen LogP contribution in [0.2, 0.25) is 5.02 Å². The number of rotatable bonds is 5. The lowest BCUT2D eigenvalue weighted by Gasteiger charge is -2.39. The van der Waals surface area contributed by atoms with Gasteiger partial charge in [0, 0.05) is 27.4 Å². The van der Waals surface area contributed by atoms with Gasteiger partial charge in [-0.05, 0) is 50.3 Å². The van der Waals surface area contributed by atoms with Crippen LogP contribution in [0.15, 0.2) is 52.3 Å². The second kappa shape index (κ2) is 7.16. The first-order valence-electron chi connectivity index (χ1n) is 8.22. The van der Waals surface area contributed by atoms with Crippen LogP contribution in [0.1, 0.15) is 20.8 Å². The molecule has 0 radical (unpaired) electrons. The average Bonchev–Trinajstić information content (AvgIpc) is 2.57. The van der Waals surface area contributed by atoms with Crippen LogP contribution in [-0.2, 0) is 0 Å². The Morgan fingerprint density at radius 2 is 1.74 bits per heavy atom. The number of nitrogens with zero attached hydrogens (tertiary/aromatic N) is 2. The molecule has 0 fully saturated rings. The highest BCUT2D eigenvalue weighted by molar-refractivity contribution is 7.99. The van der Waals surface area contributed by atoms with Gasteiger partial charge in [0.1, 0.15) is 0 Å². The van der Waals surface area contributed by atoms with Gasteiger partial charge >= 0.3 is 0 Å². The summed E-state index contributed by atoms with van der Waals surface area (Å²) >= 11 is 8.12. The third kappa shape index (κ3) is 3.37. The van der Waals surface area contributed by atoms with Crippen LogP contribution in [0.25, 0.3) is 0 Å². The van der Waals surface area contributed by atoms with E-state index in [1.54, 1.807) is 0 Å². The van der Waals surface area contributed by atoms with Crippen LogP contribution in [0.4, 0.5) is 11.4 Å². The number of para-hydroxylation sites is 1. The first kappa shape index (κ1) is 16.7. The monoisotopic (exact) mass is 346 g/mol. The number of likely N-dealkylation sites (N-methyl/N-ethyl adjacent to an activating group) is 1. The summed E-state index contributed by atoms with van der Waals surface area (Å²) in [5, 5.41) is 0.795. The van der Waals surface area contributed by atoms with E-state index in [0.29, 0.717) is 6.04 Å². The van der Waals surface area contributed by atoms with Gasteiger partial charge in [-0.15, -0.1) is 0 Å². The van der Waals surface area contributed by atoms with Crippen molar-refractivity contribution in [2.45, 2.75) is 36.6 Å². The number of anilines is 2. The van der Waals surface area contributed by atoms with Crippen LogP contribution < -0.4 is 4.90 Å². The topological polar surface area (TPSA) is 6.48 Å². The van der Waals surface area contributed by atoms with Crippen LogP contribution in [-0.4, -0.2) is 30.6 Å². The third-order valence-electron chi connectivity index (χ3n) is 4.38. The second-order valence-corrected chi connectivity index (χ2v) is 7.41. The maximum absolute atomic E-state index is 6.29. The molecule has 1 unspecified atom stereocenters. The Bertz CT molecular complexity index is 685. The van der Waals surface area contributed by atoms with E-state index < -0.39 is 0 Å². The van der Waals surface area contributed by atoms with Crippen LogP contribution >= 0.6 is 23.4 Å². The van der Waals surface area contributed by atoms with Gasteiger partial charge in [0.25, 0.3) is 0 Å². The Morgan fingerprint density at radius 3 is 2.48 bits per heavy atom. The molecule has 122 valence electrons. The highest BCUT2D eigenvalue weighted by Gasteiger charge is 2.27. The second-order valence-electron chi connectivity index (χ2n) is 5.89. The lowest BCUT2D eigenvalue weighted by Crippen LogP contribution is -2.41. The van der Waals surface area contributed by atoms with E-state index in [0.717, 1.165) is 24.7 Å². The first-order valence-corrected chi connectivity index (χ1v) is 9.41. The predicted octanol–water partition coefficient (Wildman–Crippen LogP) is 5.67. The Labute approximate surface area is 148 Å². The van der Waals surface area contributed by atoms with Gasteiger partial charge in [-0.3, -0.25) is 0 Å². The van der Waals surface area contributed by atoms with Crippen molar-refractivity contribution >= 4 is 34.7 Å². The molecule has 1 aliphatic heterocycles. The number of hydrogen-bond acceptors (Lipinski definition) is 3. The van der Waals surface area contributed by atoms with Gasteiger partial charge in [-0.25, -0.2) is 0 Å². The molecular weight excluding hydrogens is 324 g/mol. The average molecular weight is 347 g/mol. The molecule has 2 aromatic carbocycles. The summed E-state index contributed by atoms with van der Waals surface area (Å²) in [6.45, 7) is 9.94. The zero-order valence-corrected chi connectivity index (χ0v) is 15.5. The van der Waals surface area contributed by atoms with Crippen LogP contribution in [0.5, 0.6) is 0 Å². The summed E-state index contributed by atoms with van der Waals surface area (Å²) in [4.78, 5) is 7.51. The molecule has 4 heteroatoms. The minimum Gasteiger partial charge on any atom is -0.335 e. The summed E-state index contributed by atoms with van der Waals surface area (Å²) in [5.41, 5.74) is 2.51. The molecular formula is C19H23ClN2S. The van der Waals surface area contributed by atoms with E-state index in [1.165, 1.54) is 21.2 Å². The van der Waals surface area contributed by atoms with Crippen molar-refractivity contribution in [1.82, 2.24) is 4.90 Å². The minimum absolute atomic E-state index is 0.383. The molecule has 0 N–H and O–H groups in total. The van der Waals surface area contributed by atoms with Gasteiger partial charge < -0.3 is 9.80 Å². The summed E-state index contributed by atoms with van der Waals surface area (Å²) in [5.74, 6) is 0. The van der Waals surface area contributed by atoms with Crippen molar-refractivity contribution in [3.63, 3.8) is 0 Å². The Kier molecular flexibility index (Phi) is 5.20. The highest BCUT2D eigenvalue weighted by atomic mass is 35.5. The third-order valence-corrected chi connectivity index (χ3v) is 5.75. The lowest BCUT2D eigenvalue weighted by atomic mass is 10.1. The summed E-state index contributed by atoms with van der Waals surface area (Å²) in [6.07, 6.45) is 0. The summed E-state index contributed by atoms with van der Waals surface area (Å²) < 4.78 is 0. The van der Waals surface area contributed by atoms with E-state index in [4.69, 9.17) is 11.6 Å². The largest absolute Gasteiger partial charge is 0.335 e. The van der Waals surface area contributed by atoms with E-state index in [-0.39, 0.29) is 0 Å². The molecule has 1 heterocycles. The molecule has 0 aliphatic carbocycles. The number of halogens is 1. The van der Waals surface area contributed by atoms with Gasteiger partial charge in [0.05, 0.1) is 11.4 Å². The van der Waals surface area contributed by atoms with Crippen LogP contribution in [0, 0.1) is 0 Å². The maximum atomic E-state index is 6.29. The van der Waals surface area contributed by atoms with E-state index in [1.807, 2.05) is 17.8 Å². The van der Waals surface area contributed by atoms with Gasteiger partial charge in [-0.1, -0.05) is 49.3 Å². The minimum atomic E-state index is 0.383. The Hall–Kier alpha value is -1.16. The zero-order valence-electron chi connectivity index (χ0n) is 13.9. The molecule has 0 saturated carbocycles. The molecule has 23 heavy (non-hydrogen) atoms. The van der Waals surface area contributed by atoms with Crippen molar-refractivity contribution in [2.24, 2.45) is 0 Å². The smallest absolute Gasteiger partial charge is 0.0570 e. The fourth-order valence-electron chi connectivity index (χ4n) is 3.17. The maximum Gasteiger partial charge on any atom is 0.0570 e. The number of benzene rings is 2. The summed E-state index contributed by atoms with van der Waals surface area (Å²) in [6, 6.07) is 15.2. The molecule has 1 aliphatic rings. The van der Waals surface area contributed by atoms with E-state index in [9.17, 15) is 0 Å². The normalized spacial score (nSPS) is 14.6. The van der Waals surface area contributed by atoms with E-state index >= 15 is 0 Å². The number of hydrogen-bond donors (Lipinski definition) is 0. The Balaban J connectivity index is 2.02. The molecule has 0 amide bonds. The number of fused-ring (bicyclic) bond motifs is 2. The zero-order chi connectivity index (χ0) is 16.4. The summed E-state index contributed by atoms with van der Waals surface area (Å²) in [7, 11) is 0. The van der Waals surface area contributed by atoms with Crippen molar-refractivity contribution in [2.75, 3.05) is 24.5 Å². The van der Waals surface area contributed by atoms with Crippen molar-refractivity contribution in [1.29, 1.82) is 0 Å². The van der Waals surface area contributed by atoms with Crippen molar-refractivity contribution < 1.29 is 0 Å². The first-order chi connectivity index (χ1) is 11.1. The van der Waals surface area contributed by atoms with Crippen molar-refractivity contribution in [3.8, 4) is 0 Å². The SMILES string of the molecule is CCN(CC)CC(C)N1c2ccccc2Sc2ccc(Cl)cc21. The molecule has 0 bridgehead atoms. The van der Waals surface area contributed by atoms with E-state index in [2.05, 4.69) is 67.0 Å². The van der Waals surface area contributed by atoms with Crippen molar-refractivity contribution in [3.05, 3.63) is 47.5 Å². The van der Waals surface area contributed by atoms with Crippen LogP contribution in [0.3, 0.4) is 0 Å². The van der Waals surface area contributed by atoms with Gasteiger partial charge in [0.15, 0.2) is 0 Å². The molecule has 2 aromatic rings. The van der Waals surface area contributed by atoms with Gasteiger partial charge in [-0.2, -0.15) is 0 Å². The molecule has 0 spiro atoms.